The van der Waals surface area contributed by atoms with Gasteiger partial charge in [0.05, 0.1) is 6.16 Å². The Kier molecular flexibility index (Phi) is 2.45. The lowest BCUT2D eigenvalue weighted by atomic mass is 10.2. The predicted molar refractivity (Wildman–Crippen MR) is 41.0 cm³/mol. The predicted octanol–water partition coefficient (Wildman–Crippen LogP) is 1.16. The molecule has 0 bridgehead atoms. The van der Waals surface area contributed by atoms with Crippen molar-refractivity contribution in [2.75, 3.05) is 0 Å². The molecule has 0 fully saturated rings. The Morgan fingerprint density at radius 3 is 2.73 bits per heavy atom. The van der Waals surface area contributed by atoms with Gasteiger partial charge >= 0.3 is 7.60 Å². The normalized spacial score (nSPS) is 11.5. The molecule has 0 aromatic heterocycles. The van der Waals surface area contributed by atoms with E-state index >= 15 is 0 Å². The first-order valence-electron chi connectivity index (χ1n) is 3.07. The van der Waals surface area contributed by atoms with Crippen molar-refractivity contribution in [1.82, 2.24) is 0 Å². The molecule has 1 radical (unpaired) electrons. The highest BCUT2D eigenvalue weighted by molar-refractivity contribution is 7.50. The van der Waals surface area contributed by atoms with E-state index in [1.165, 1.54) is 0 Å². The van der Waals surface area contributed by atoms with Crippen LogP contribution >= 0.6 is 7.60 Å². The van der Waals surface area contributed by atoms with Gasteiger partial charge in [-0.05, 0) is 11.6 Å². The lowest BCUT2D eigenvalue weighted by molar-refractivity contribution is 0.371. The van der Waals surface area contributed by atoms with Crippen molar-refractivity contribution in [3.05, 3.63) is 35.9 Å². The standard InChI is InChI=1S/C7H8O3P/c8-11(9,10)6-7-4-2-1-3-5-7/h1-2,4-5H,6H2,(H2,8,9,10). The van der Waals surface area contributed by atoms with Crippen LogP contribution in [0.4, 0.5) is 0 Å². The Bertz CT molecular complexity index is 264. The Hall–Kier alpha value is -0.630. The first kappa shape index (κ1) is 8.47. The van der Waals surface area contributed by atoms with E-state index in [0.29, 0.717) is 5.56 Å². The van der Waals surface area contributed by atoms with Gasteiger partial charge in [0.15, 0.2) is 0 Å². The summed E-state index contributed by atoms with van der Waals surface area (Å²) >= 11 is 0. The minimum atomic E-state index is -3.91. The van der Waals surface area contributed by atoms with Gasteiger partial charge in [-0.3, -0.25) is 4.57 Å². The molecule has 0 saturated carbocycles. The number of rotatable bonds is 2. The lowest BCUT2D eigenvalue weighted by Crippen LogP contribution is -1.85. The summed E-state index contributed by atoms with van der Waals surface area (Å²) in [7, 11) is -3.91. The van der Waals surface area contributed by atoms with Crippen molar-refractivity contribution in [2.45, 2.75) is 6.16 Å². The third-order valence-electron chi connectivity index (χ3n) is 1.16. The molecule has 3 nitrogen and oxygen atoms in total. The van der Waals surface area contributed by atoms with Gasteiger partial charge in [0.25, 0.3) is 0 Å². The van der Waals surface area contributed by atoms with Crippen LogP contribution in [0.2, 0.25) is 0 Å². The van der Waals surface area contributed by atoms with Crippen molar-refractivity contribution in [2.24, 2.45) is 0 Å². The monoisotopic (exact) mass is 171 g/mol. The minimum absolute atomic E-state index is 0.204. The molecule has 0 heterocycles. The van der Waals surface area contributed by atoms with E-state index < -0.39 is 7.60 Å². The SMILES string of the molecule is O=P(O)(O)Cc1c[c]ccc1. The zero-order valence-electron chi connectivity index (χ0n) is 5.77. The van der Waals surface area contributed by atoms with Crippen LogP contribution in [0.1, 0.15) is 5.56 Å². The van der Waals surface area contributed by atoms with Crippen LogP contribution in [-0.2, 0) is 10.7 Å². The van der Waals surface area contributed by atoms with E-state index in [1.807, 2.05) is 0 Å². The van der Waals surface area contributed by atoms with Crippen molar-refractivity contribution in [3.63, 3.8) is 0 Å². The fraction of sp³-hybridized carbons (Fsp3) is 0.143. The van der Waals surface area contributed by atoms with Crippen molar-refractivity contribution >= 4 is 7.60 Å². The second kappa shape index (κ2) is 3.18. The van der Waals surface area contributed by atoms with Crippen LogP contribution < -0.4 is 0 Å². The van der Waals surface area contributed by atoms with E-state index in [-0.39, 0.29) is 6.16 Å². The van der Waals surface area contributed by atoms with E-state index in [2.05, 4.69) is 6.07 Å². The zero-order valence-corrected chi connectivity index (χ0v) is 6.66. The van der Waals surface area contributed by atoms with Crippen LogP contribution in [0.3, 0.4) is 0 Å². The Labute approximate surface area is 64.8 Å². The minimum Gasteiger partial charge on any atom is -0.324 e. The summed E-state index contributed by atoms with van der Waals surface area (Å²) in [4.78, 5) is 17.1. The summed E-state index contributed by atoms with van der Waals surface area (Å²) in [5, 5.41) is 0. The Morgan fingerprint density at radius 2 is 2.27 bits per heavy atom. The molecular formula is C7H8O3P. The molecule has 0 spiro atoms. The largest absolute Gasteiger partial charge is 0.329 e. The maximum absolute atomic E-state index is 10.5. The van der Waals surface area contributed by atoms with Crippen LogP contribution in [0.25, 0.3) is 0 Å². The summed E-state index contributed by atoms with van der Waals surface area (Å²) in [5.74, 6) is 0. The molecule has 1 rings (SSSR count). The Morgan fingerprint density at radius 1 is 1.55 bits per heavy atom. The van der Waals surface area contributed by atoms with Crippen LogP contribution in [0.15, 0.2) is 24.3 Å². The molecule has 2 N–H and O–H groups in total. The zero-order chi connectivity index (χ0) is 8.32. The highest BCUT2D eigenvalue weighted by Gasteiger charge is 2.12. The van der Waals surface area contributed by atoms with Gasteiger partial charge in [-0.25, -0.2) is 0 Å². The third-order valence-corrected chi connectivity index (χ3v) is 1.94. The average molecular weight is 171 g/mol. The third kappa shape index (κ3) is 3.33. The molecule has 0 atom stereocenters. The molecule has 0 unspecified atom stereocenters. The van der Waals surface area contributed by atoms with E-state index in [9.17, 15) is 4.57 Å². The molecule has 0 aliphatic heterocycles. The molecule has 59 valence electrons. The summed E-state index contributed by atoms with van der Waals surface area (Å²) in [6.07, 6.45) is -0.204. The van der Waals surface area contributed by atoms with Crippen molar-refractivity contribution in [3.8, 4) is 0 Å². The van der Waals surface area contributed by atoms with Gasteiger partial charge in [0.1, 0.15) is 0 Å². The van der Waals surface area contributed by atoms with Gasteiger partial charge in [-0.15, -0.1) is 0 Å². The van der Waals surface area contributed by atoms with E-state index in [4.69, 9.17) is 9.79 Å². The first-order valence-corrected chi connectivity index (χ1v) is 4.87. The molecule has 0 aliphatic rings. The summed E-state index contributed by atoms with van der Waals surface area (Å²) in [6.45, 7) is 0. The van der Waals surface area contributed by atoms with Crippen LogP contribution in [-0.4, -0.2) is 9.79 Å². The van der Waals surface area contributed by atoms with Crippen molar-refractivity contribution in [1.29, 1.82) is 0 Å². The quantitative estimate of drug-likeness (QED) is 0.656. The number of hydrogen-bond donors (Lipinski definition) is 2. The fourth-order valence-electron chi connectivity index (χ4n) is 0.767. The van der Waals surface area contributed by atoms with Crippen LogP contribution in [0.5, 0.6) is 0 Å². The lowest BCUT2D eigenvalue weighted by Gasteiger charge is -2.01. The molecule has 1 aromatic carbocycles. The van der Waals surface area contributed by atoms with Crippen molar-refractivity contribution < 1.29 is 14.4 Å². The van der Waals surface area contributed by atoms with Gasteiger partial charge in [0, 0.05) is 0 Å². The van der Waals surface area contributed by atoms with Gasteiger partial charge < -0.3 is 9.79 Å². The number of benzene rings is 1. The molecule has 0 saturated heterocycles. The molecule has 1 aromatic rings. The molecule has 0 amide bonds. The van der Waals surface area contributed by atoms with E-state index in [0.717, 1.165) is 0 Å². The highest BCUT2D eigenvalue weighted by Crippen LogP contribution is 2.38. The maximum Gasteiger partial charge on any atom is 0.329 e. The average Bonchev–Trinajstić information content (AvgIpc) is 1.85. The van der Waals surface area contributed by atoms with Crippen LogP contribution in [0, 0.1) is 6.07 Å². The second-order valence-electron chi connectivity index (χ2n) is 2.23. The first-order chi connectivity index (χ1) is 5.08. The maximum atomic E-state index is 10.5. The molecule has 0 aliphatic carbocycles. The van der Waals surface area contributed by atoms with Gasteiger partial charge in [-0.1, -0.05) is 24.3 Å². The topological polar surface area (TPSA) is 57.5 Å². The second-order valence-corrected chi connectivity index (χ2v) is 3.88. The van der Waals surface area contributed by atoms with Gasteiger partial charge in [0.2, 0.25) is 0 Å². The summed E-state index contributed by atoms with van der Waals surface area (Å²) < 4.78 is 10.5. The fourth-order valence-corrected chi connectivity index (χ4v) is 1.44. The van der Waals surface area contributed by atoms with E-state index in [1.54, 1.807) is 24.3 Å². The van der Waals surface area contributed by atoms with Gasteiger partial charge in [-0.2, -0.15) is 0 Å². The summed E-state index contributed by atoms with van der Waals surface area (Å²) in [5.41, 5.74) is 0.612. The molecular weight excluding hydrogens is 163 g/mol. The molecule has 4 heteroatoms. The smallest absolute Gasteiger partial charge is 0.324 e. The molecule has 11 heavy (non-hydrogen) atoms. The number of hydrogen-bond acceptors (Lipinski definition) is 1. The summed E-state index contributed by atoms with van der Waals surface area (Å²) in [6, 6.07) is 9.35. The Balaban J connectivity index is 2.74. The highest BCUT2D eigenvalue weighted by atomic mass is 31.2.